The van der Waals surface area contributed by atoms with Crippen LogP contribution in [0.25, 0.3) is 5.69 Å². The second-order valence-electron chi connectivity index (χ2n) is 7.19. The third-order valence-corrected chi connectivity index (χ3v) is 6.24. The van der Waals surface area contributed by atoms with Gasteiger partial charge in [-0.1, -0.05) is 24.9 Å². The maximum atomic E-state index is 13.8. The molecule has 10 heteroatoms. The Morgan fingerprint density at radius 1 is 1.26 bits per heavy atom. The van der Waals surface area contributed by atoms with Crippen molar-refractivity contribution < 1.29 is 17.6 Å². The van der Waals surface area contributed by atoms with Gasteiger partial charge in [-0.25, -0.2) is 17.5 Å². The van der Waals surface area contributed by atoms with E-state index < -0.39 is 21.7 Å². The standard InChI is InChI=1S/C21H22ClFN4O3S/c1-4-5-20(14-8-16(11-24-10-14)31(3,29)30)26-21(28)17-12-25-27(13(17)2)15-6-7-18(22)19(23)9-15/h6-12,20H,4-5H2,1-3H3,(H,26,28). The Bertz CT molecular complexity index is 1230. The number of carbonyl (C=O) groups is 1. The molecule has 0 aliphatic carbocycles. The monoisotopic (exact) mass is 464 g/mol. The lowest BCUT2D eigenvalue weighted by Gasteiger charge is -2.19. The Balaban J connectivity index is 1.88. The molecule has 0 aliphatic rings. The molecule has 0 saturated heterocycles. The minimum Gasteiger partial charge on any atom is -0.345 e. The predicted octanol–water partition coefficient (Wildman–Crippen LogP) is 4.04. The SMILES string of the molecule is CCCC(NC(=O)c1cnn(-c2ccc(Cl)c(F)c2)c1C)c1cncc(S(C)(=O)=O)c1. The van der Waals surface area contributed by atoms with Crippen molar-refractivity contribution in [3.05, 3.63) is 70.5 Å². The molecule has 1 unspecified atom stereocenters. The van der Waals surface area contributed by atoms with Crippen molar-refractivity contribution in [2.45, 2.75) is 37.6 Å². The molecule has 0 fully saturated rings. The smallest absolute Gasteiger partial charge is 0.255 e. The van der Waals surface area contributed by atoms with Crippen molar-refractivity contribution in [2.75, 3.05) is 6.26 Å². The molecule has 31 heavy (non-hydrogen) atoms. The van der Waals surface area contributed by atoms with Crippen LogP contribution in [0.4, 0.5) is 4.39 Å². The van der Waals surface area contributed by atoms with E-state index in [-0.39, 0.29) is 15.8 Å². The second-order valence-corrected chi connectivity index (χ2v) is 9.62. The number of hydrogen-bond acceptors (Lipinski definition) is 5. The minimum absolute atomic E-state index is 0.00105. The van der Waals surface area contributed by atoms with Gasteiger partial charge in [0.25, 0.3) is 5.91 Å². The van der Waals surface area contributed by atoms with Crippen LogP contribution in [0, 0.1) is 12.7 Å². The van der Waals surface area contributed by atoms with Crippen LogP contribution in [-0.2, 0) is 9.84 Å². The molecular weight excluding hydrogens is 443 g/mol. The highest BCUT2D eigenvalue weighted by Crippen LogP contribution is 2.23. The number of carbonyl (C=O) groups excluding carboxylic acids is 1. The summed E-state index contributed by atoms with van der Waals surface area (Å²) in [6.07, 6.45) is 6.70. The molecule has 3 rings (SSSR count). The molecule has 0 bridgehead atoms. The Labute approximate surface area is 185 Å². The summed E-state index contributed by atoms with van der Waals surface area (Å²) in [7, 11) is -3.42. The minimum atomic E-state index is -3.42. The summed E-state index contributed by atoms with van der Waals surface area (Å²) >= 11 is 5.74. The molecule has 0 saturated carbocycles. The van der Waals surface area contributed by atoms with Gasteiger partial charge in [-0.3, -0.25) is 9.78 Å². The number of hydrogen-bond donors (Lipinski definition) is 1. The summed E-state index contributed by atoms with van der Waals surface area (Å²) in [5.41, 5.74) is 1.89. The van der Waals surface area contributed by atoms with E-state index in [1.165, 1.54) is 35.3 Å². The molecule has 1 N–H and O–H groups in total. The topological polar surface area (TPSA) is 93.9 Å². The first-order valence-electron chi connectivity index (χ1n) is 9.57. The van der Waals surface area contributed by atoms with Gasteiger partial charge in [0.05, 0.1) is 39.1 Å². The van der Waals surface area contributed by atoms with Crippen LogP contribution in [0.5, 0.6) is 0 Å². The first-order valence-corrected chi connectivity index (χ1v) is 11.8. The third kappa shape index (κ3) is 5.11. The zero-order valence-electron chi connectivity index (χ0n) is 17.3. The van der Waals surface area contributed by atoms with Gasteiger partial charge in [-0.15, -0.1) is 0 Å². The molecule has 1 aromatic carbocycles. The Morgan fingerprint density at radius 2 is 2.00 bits per heavy atom. The number of benzene rings is 1. The second kappa shape index (κ2) is 9.15. The summed E-state index contributed by atoms with van der Waals surface area (Å²) in [6.45, 7) is 3.67. The van der Waals surface area contributed by atoms with Crippen LogP contribution in [-0.4, -0.2) is 35.3 Å². The molecule has 0 radical (unpaired) electrons. The lowest BCUT2D eigenvalue weighted by Crippen LogP contribution is -2.29. The molecule has 3 aromatic rings. The van der Waals surface area contributed by atoms with E-state index in [1.54, 1.807) is 19.2 Å². The zero-order valence-corrected chi connectivity index (χ0v) is 18.8. The molecule has 0 aliphatic heterocycles. The van der Waals surface area contributed by atoms with Crippen molar-refractivity contribution >= 4 is 27.3 Å². The number of sulfone groups is 1. The number of rotatable bonds is 7. The van der Waals surface area contributed by atoms with Crippen molar-refractivity contribution in [3.63, 3.8) is 0 Å². The maximum absolute atomic E-state index is 13.8. The molecule has 0 spiro atoms. The van der Waals surface area contributed by atoms with E-state index in [9.17, 15) is 17.6 Å². The van der Waals surface area contributed by atoms with Crippen LogP contribution < -0.4 is 5.32 Å². The van der Waals surface area contributed by atoms with Gasteiger partial charge < -0.3 is 5.32 Å². The number of pyridine rings is 1. The molecular formula is C21H22ClFN4O3S. The Morgan fingerprint density at radius 3 is 2.65 bits per heavy atom. The third-order valence-electron chi connectivity index (χ3n) is 4.85. The summed E-state index contributed by atoms with van der Waals surface area (Å²) < 4.78 is 39.0. The van der Waals surface area contributed by atoms with Crippen LogP contribution in [0.15, 0.2) is 47.8 Å². The van der Waals surface area contributed by atoms with Crippen LogP contribution >= 0.6 is 11.6 Å². The fourth-order valence-corrected chi connectivity index (χ4v) is 3.91. The largest absolute Gasteiger partial charge is 0.345 e. The van der Waals surface area contributed by atoms with Crippen LogP contribution in [0.3, 0.4) is 0 Å². The van der Waals surface area contributed by atoms with Gasteiger partial charge in [-0.2, -0.15) is 5.10 Å². The van der Waals surface area contributed by atoms with Crippen LogP contribution in [0.2, 0.25) is 5.02 Å². The maximum Gasteiger partial charge on any atom is 0.255 e. The fraction of sp³-hybridized carbons (Fsp3) is 0.286. The molecule has 164 valence electrons. The number of aromatic nitrogens is 3. The quantitative estimate of drug-likeness (QED) is 0.569. The lowest BCUT2D eigenvalue weighted by molar-refractivity contribution is 0.0933. The van der Waals surface area contributed by atoms with Gasteiger partial charge in [0.1, 0.15) is 5.82 Å². The van der Waals surface area contributed by atoms with Crippen molar-refractivity contribution in [1.29, 1.82) is 0 Å². The van der Waals surface area contributed by atoms with Gasteiger partial charge in [-0.05, 0) is 37.1 Å². The fourth-order valence-electron chi connectivity index (χ4n) is 3.19. The first kappa shape index (κ1) is 22.9. The normalized spacial score (nSPS) is 12.5. The number of halogens is 2. The van der Waals surface area contributed by atoms with Crippen molar-refractivity contribution in [3.8, 4) is 5.69 Å². The molecule has 1 amide bonds. The van der Waals surface area contributed by atoms with E-state index >= 15 is 0 Å². The highest BCUT2D eigenvalue weighted by Gasteiger charge is 2.21. The van der Waals surface area contributed by atoms with Crippen LogP contribution in [0.1, 0.15) is 47.4 Å². The summed E-state index contributed by atoms with van der Waals surface area (Å²) in [4.78, 5) is 17.1. The molecule has 7 nitrogen and oxygen atoms in total. The summed E-state index contributed by atoms with van der Waals surface area (Å²) in [5.74, 6) is -0.956. The van der Waals surface area contributed by atoms with Gasteiger partial charge in [0, 0.05) is 24.7 Å². The Hall–Kier alpha value is -2.78. The van der Waals surface area contributed by atoms with Gasteiger partial charge >= 0.3 is 0 Å². The van der Waals surface area contributed by atoms with E-state index in [4.69, 9.17) is 11.6 Å². The average molecular weight is 465 g/mol. The summed E-state index contributed by atoms with van der Waals surface area (Å²) in [5, 5.41) is 7.14. The van der Waals surface area contributed by atoms with Gasteiger partial charge in [0.15, 0.2) is 9.84 Å². The summed E-state index contributed by atoms with van der Waals surface area (Å²) in [6, 6.07) is 5.37. The molecule has 1 atom stereocenters. The van der Waals surface area contributed by atoms with E-state index in [2.05, 4.69) is 15.4 Å². The van der Waals surface area contributed by atoms with Gasteiger partial charge in [0.2, 0.25) is 0 Å². The number of amides is 1. The van der Waals surface area contributed by atoms with E-state index in [1.807, 2.05) is 6.92 Å². The molecule has 2 aromatic heterocycles. The van der Waals surface area contributed by atoms with Crippen molar-refractivity contribution in [2.24, 2.45) is 0 Å². The zero-order chi connectivity index (χ0) is 22.8. The van der Waals surface area contributed by atoms with E-state index in [0.29, 0.717) is 28.9 Å². The number of nitrogens with one attached hydrogen (secondary N) is 1. The van der Waals surface area contributed by atoms with E-state index in [0.717, 1.165) is 12.7 Å². The Kier molecular flexibility index (Phi) is 6.76. The number of nitrogens with zero attached hydrogens (tertiary/aromatic N) is 3. The highest BCUT2D eigenvalue weighted by molar-refractivity contribution is 7.90. The average Bonchev–Trinajstić information content (AvgIpc) is 3.10. The highest BCUT2D eigenvalue weighted by atomic mass is 35.5. The first-order chi connectivity index (χ1) is 14.6. The molecule has 2 heterocycles. The predicted molar refractivity (Wildman–Crippen MR) is 116 cm³/mol. The van der Waals surface area contributed by atoms with Crippen molar-refractivity contribution in [1.82, 2.24) is 20.1 Å². The lowest BCUT2D eigenvalue weighted by atomic mass is 10.0.